The summed E-state index contributed by atoms with van der Waals surface area (Å²) >= 11 is 1.35. The average molecular weight is 412 g/mol. The van der Waals surface area contributed by atoms with E-state index in [0.717, 1.165) is 24.3 Å². The van der Waals surface area contributed by atoms with Gasteiger partial charge in [-0.2, -0.15) is 0 Å². The fraction of sp³-hybridized carbons (Fsp3) is 0.391. The van der Waals surface area contributed by atoms with E-state index in [0.29, 0.717) is 12.3 Å². The first-order valence-electron chi connectivity index (χ1n) is 10.0. The van der Waals surface area contributed by atoms with Crippen molar-refractivity contribution in [3.8, 4) is 0 Å². The van der Waals surface area contributed by atoms with Crippen molar-refractivity contribution in [1.29, 1.82) is 0 Å². The van der Waals surface area contributed by atoms with Gasteiger partial charge in [-0.15, -0.1) is 11.8 Å². The zero-order chi connectivity index (χ0) is 20.6. The molecular formula is C23H29N3O2S. The lowest BCUT2D eigenvalue weighted by Gasteiger charge is -2.24. The van der Waals surface area contributed by atoms with Crippen molar-refractivity contribution in [2.45, 2.75) is 26.3 Å². The molecule has 0 radical (unpaired) electrons. The smallest absolute Gasteiger partial charge is 0.234 e. The van der Waals surface area contributed by atoms with E-state index in [-0.39, 0.29) is 17.6 Å². The molecule has 0 saturated carbocycles. The third-order valence-corrected chi connectivity index (χ3v) is 5.95. The molecule has 154 valence electrons. The van der Waals surface area contributed by atoms with Gasteiger partial charge in [-0.1, -0.05) is 30.3 Å². The summed E-state index contributed by atoms with van der Waals surface area (Å²) in [7, 11) is 1.83. The number of benzene rings is 2. The van der Waals surface area contributed by atoms with Crippen LogP contribution in [0.4, 0.5) is 11.4 Å². The van der Waals surface area contributed by atoms with Gasteiger partial charge >= 0.3 is 0 Å². The molecule has 2 aromatic rings. The quantitative estimate of drug-likeness (QED) is 0.715. The van der Waals surface area contributed by atoms with E-state index >= 15 is 0 Å². The minimum absolute atomic E-state index is 0.0366. The lowest BCUT2D eigenvalue weighted by molar-refractivity contribution is -0.127. The average Bonchev–Trinajstić information content (AvgIpc) is 3.23. The van der Waals surface area contributed by atoms with Crippen molar-refractivity contribution in [3.63, 3.8) is 0 Å². The first-order valence-corrected chi connectivity index (χ1v) is 11.2. The van der Waals surface area contributed by atoms with Gasteiger partial charge in [0.15, 0.2) is 0 Å². The maximum Gasteiger partial charge on any atom is 0.234 e. The van der Waals surface area contributed by atoms with Crippen LogP contribution in [-0.4, -0.2) is 48.4 Å². The second kappa shape index (κ2) is 10.3. The number of para-hydroxylation sites is 1. The Balaban J connectivity index is 1.45. The molecule has 0 spiro atoms. The third kappa shape index (κ3) is 6.26. The molecule has 1 saturated heterocycles. The summed E-state index contributed by atoms with van der Waals surface area (Å²) in [5.41, 5.74) is 4.29. The number of anilines is 2. The fourth-order valence-corrected chi connectivity index (χ4v) is 4.27. The minimum atomic E-state index is -0.0876. The van der Waals surface area contributed by atoms with Crippen molar-refractivity contribution in [3.05, 3.63) is 59.7 Å². The van der Waals surface area contributed by atoms with Crippen molar-refractivity contribution < 1.29 is 9.59 Å². The third-order valence-electron chi connectivity index (χ3n) is 5.03. The summed E-state index contributed by atoms with van der Waals surface area (Å²) in [5.74, 6) is 0.506. The number of nitrogens with one attached hydrogen (secondary N) is 1. The fourth-order valence-electron chi connectivity index (χ4n) is 3.52. The maximum absolute atomic E-state index is 12.5. The van der Waals surface area contributed by atoms with Crippen LogP contribution in [0.15, 0.2) is 48.5 Å². The minimum Gasteiger partial charge on any atom is -0.371 e. The monoisotopic (exact) mass is 411 g/mol. The molecule has 1 N–H and O–H groups in total. The number of carbonyl (C=O) groups excluding carboxylic acids is 2. The molecule has 0 atom stereocenters. The van der Waals surface area contributed by atoms with E-state index in [4.69, 9.17) is 0 Å². The molecule has 0 unspecified atom stereocenters. The van der Waals surface area contributed by atoms with Crippen LogP contribution in [-0.2, 0) is 16.1 Å². The topological polar surface area (TPSA) is 52.7 Å². The highest BCUT2D eigenvalue weighted by Gasteiger charge is 2.17. The largest absolute Gasteiger partial charge is 0.371 e. The predicted molar refractivity (Wildman–Crippen MR) is 121 cm³/mol. The number of nitrogens with zero attached hydrogens (tertiary/aromatic N) is 2. The Morgan fingerprint density at radius 2 is 1.83 bits per heavy atom. The second-order valence-corrected chi connectivity index (χ2v) is 8.47. The van der Waals surface area contributed by atoms with Crippen LogP contribution in [0, 0.1) is 6.92 Å². The van der Waals surface area contributed by atoms with Gasteiger partial charge in [0.05, 0.1) is 11.5 Å². The van der Waals surface area contributed by atoms with Crippen LogP contribution in [0.3, 0.4) is 0 Å². The van der Waals surface area contributed by atoms with Gasteiger partial charge in [0.2, 0.25) is 11.8 Å². The summed E-state index contributed by atoms with van der Waals surface area (Å²) in [4.78, 5) is 28.8. The van der Waals surface area contributed by atoms with Gasteiger partial charge in [-0.05, 0) is 49.1 Å². The molecule has 2 amide bonds. The van der Waals surface area contributed by atoms with Crippen LogP contribution in [0.5, 0.6) is 0 Å². The SMILES string of the molecule is Cc1cccc(NC(=O)CSCC(=O)N(C)Cc2ccccc2N2CCCC2)c1. The highest BCUT2D eigenvalue weighted by molar-refractivity contribution is 8.00. The molecule has 0 bridgehead atoms. The summed E-state index contributed by atoms with van der Waals surface area (Å²) in [6, 6.07) is 16.0. The highest BCUT2D eigenvalue weighted by Crippen LogP contribution is 2.25. The van der Waals surface area contributed by atoms with Crippen LogP contribution >= 0.6 is 11.8 Å². The van der Waals surface area contributed by atoms with E-state index in [1.54, 1.807) is 4.90 Å². The van der Waals surface area contributed by atoms with Crippen LogP contribution < -0.4 is 10.2 Å². The van der Waals surface area contributed by atoms with E-state index < -0.39 is 0 Å². The van der Waals surface area contributed by atoms with Gasteiger partial charge in [0.25, 0.3) is 0 Å². The zero-order valence-electron chi connectivity index (χ0n) is 17.2. The Morgan fingerprint density at radius 3 is 2.59 bits per heavy atom. The Hall–Kier alpha value is -2.47. The summed E-state index contributed by atoms with van der Waals surface area (Å²) in [6.45, 7) is 4.74. The number of amides is 2. The van der Waals surface area contributed by atoms with Crippen molar-refractivity contribution >= 4 is 35.0 Å². The van der Waals surface area contributed by atoms with Crippen LogP contribution in [0.1, 0.15) is 24.0 Å². The number of thioether (sulfide) groups is 1. The molecule has 29 heavy (non-hydrogen) atoms. The Bertz CT molecular complexity index is 850. The molecule has 1 aliphatic rings. The molecule has 1 fully saturated rings. The highest BCUT2D eigenvalue weighted by atomic mass is 32.2. The molecule has 0 aliphatic carbocycles. The van der Waals surface area contributed by atoms with Crippen molar-refractivity contribution in [2.75, 3.05) is 41.9 Å². The van der Waals surface area contributed by atoms with Crippen molar-refractivity contribution in [2.24, 2.45) is 0 Å². The number of rotatable bonds is 8. The lowest BCUT2D eigenvalue weighted by atomic mass is 10.1. The predicted octanol–water partition coefficient (Wildman–Crippen LogP) is 3.93. The van der Waals surface area contributed by atoms with Gasteiger partial charge in [0.1, 0.15) is 0 Å². The maximum atomic E-state index is 12.5. The zero-order valence-corrected chi connectivity index (χ0v) is 18.0. The van der Waals surface area contributed by atoms with Crippen LogP contribution in [0.25, 0.3) is 0 Å². The van der Waals surface area contributed by atoms with Gasteiger partial charge in [-0.3, -0.25) is 9.59 Å². The van der Waals surface area contributed by atoms with Gasteiger partial charge in [-0.25, -0.2) is 0 Å². The molecule has 2 aromatic carbocycles. The molecule has 1 heterocycles. The number of aryl methyl sites for hydroxylation is 1. The first-order chi connectivity index (χ1) is 14.0. The Labute approximate surface area is 177 Å². The number of carbonyl (C=O) groups is 2. The molecule has 5 nitrogen and oxygen atoms in total. The molecule has 6 heteroatoms. The van der Waals surface area contributed by atoms with Crippen molar-refractivity contribution in [1.82, 2.24) is 4.90 Å². The Morgan fingerprint density at radius 1 is 1.07 bits per heavy atom. The number of hydrogen-bond donors (Lipinski definition) is 1. The summed E-state index contributed by atoms with van der Waals surface area (Å²) in [5, 5.41) is 2.87. The normalized spacial score (nSPS) is 13.4. The molecule has 3 rings (SSSR count). The second-order valence-electron chi connectivity index (χ2n) is 7.48. The summed E-state index contributed by atoms with van der Waals surface area (Å²) in [6.07, 6.45) is 2.45. The summed E-state index contributed by atoms with van der Waals surface area (Å²) < 4.78 is 0. The standard InChI is InChI=1S/C23H29N3O2S/c1-18-8-7-10-20(14-18)24-22(27)16-29-17-23(28)25(2)15-19-9-3-4-11-21(19)26-12-5-6-13-26/h3-4,7-11,14H,5-6,12-13,15-17H2,1-2H3,(H,24,27). The molecule has 0 aromatic heterocycles. The van der Waals surface area contributed by atoms with Crippen LogP contribution in [0.2, 0.25) is 0 Å². The van der Waals surface area contributed by atoms with Gasteiger partial charge < -0.3 is 15.1 Å². The molecule has 1 aliphatic heterocycles. The first kappa shape index (κ1) is 21.2. The van der Waals surface area contributed by atoms with Gasteiger partial charge in [0, 0.05) is 38.1 Å². The van der Waals surface area contributed by atoms with E-state index in [9.17, 15) is 9.59 Å². The van der Waals surface area contributed by atoms with E-state index in [2.05, 4.69) is 28.4 Å². The van der Waals surface area contributed by atoms with E-state index in [1.807, 2.05) is 44.3 Å². The lowest BCUT2D eigenvalue weighted by Crippen LogP contribution is -2.29. The Kier molecular flexibility index (Phi) is 7.58. The number of hydrogen-bond acceptors (Lipinski definition) is 4. The molecular weight excluding hydrogens is 382 g/mol. The van der Waals surface area contributed by atoms with E-state index in [1.165, 1.54) is 35.9 Å².